The molecule has 0 unspecified atom stereocenters. The van der Waals surface area contributed by atoms with Gasteiger partial charge in [-0.25, -0.2) is 0 Å². The Hall–Kier alpha value is -0.570. The summed E-state index contributed by atoms with van der Waals surface area (Å²) in [7, 11) is 0. The van der Waals surface area contributed by atoms with Gasteiger partial charge in [0.05, 0.1) is 0 Å². The van der Waals surface area contributed by atoms with Crippen molar-refractivity contribution in [1.82, 2.24) is 4.90 Å². The maximum absolute atomic E-state index is 10.7. The van der Waals surface area contributed by atoms with Crippen molar-refractivity contribution >= 4 is 5.97 Å². The van der Waals surface area contributed by atoms with Crippen molar-refractivity contribution in [2.45, 2.75) is 71.8 Å². The van der Waals surface area contributed by atoms with Crippen LogP contribution in [0.4, 0.5) is 0 Å². The van der Waals surface area contributed by atoms with Crippen LogP contribution >= 0.6 is 0 Å². The Labute approximate surface area is 112 Å². The van der Waals surface area contributed by atoms with Crippen molar-refractivity contribution in [3.8, 4) is 0 Å². The van der Waals surface area contributed by atoms with Gasteiger partial charge in [0.1, 0.15) is 0 Å². The van der Waals surface area contributed by atoms with Crippen molar-refractivity contribution in [3.05, 3.63) is 0 Å². The van der Waals surface area contributed by atoms with Crippen LogP contribution in [0.15, 0.2) is 0 Å². The summed E-state index contributed by atoms with van der Waals surface area (Å²) in [4.78, 5) is 13.2. The molecule has 0 aromatic heterocycles. The Kier molecular flexibility index (Phi) is 5.20. The first-order valence-corrected chi connectivity index (χ1v) is 7.32. The number of carbonyl (C=O) groups is 1. The van der Waals surface area contributed by atoms with Crippen LogP contribution in [-0.2, 0) is 4.79 Å². The summed E-state index contributed by atoms with van der Waals surface area (Å²) in [6.07, 6.45) is 6.15. The van der Waals surface area contributed by atoms with E-state index in [1.54, 1.807) is 0 Å². The lowest BCUT2D eigenvalue weighted by atomic mass is 9.70. The van der Waals surface area contributed by atoms with Gasteiger partial charge in [-0.1, -0.05) is 26.7 Å². The molecule has 0 aromatic rings. The predicted octanol–water partition coefficient (Wildman–Crippen LogP) is 3.53. The minimum Gasteiger partial charge on any atom is -0.481 e. The summed E-state index contributed by atoms with van der Waals surface area (Å²) in [6.45, 7) is 11.2. The summed E-state index contributed by atoms with van der Waals surface area (Å²) in [5.74, 6) is -0.683. The molecule has 106 valence electrons. The van der Waals surface area contributed by atoms with Crippen LogP contribution in [0.3, 0.4) is 0 Å². The maximum atomic E-state index is 10.7. The zero-order valence-corrected chi connectivity index (χ0v) is 12.5. The first-order chi connectivity index (χ1) is 8.35. The maximum Gasteiger partial charge on any atom is 0.303 e. The van der Waals surface area contributed by atoms with E-state index in [0.29, 0.717) is 5.41 Å². The summed E-state index contributed by atoms with van der Waals surface area (Å²) < 4.78 is 0. The zero-order chi connectivity index (χ0) is 13.8. The Morgan fingerprint density at radius 3 is 2.11 bits per heavy atom. The molecule has 1 heterocycles. The van der Waals surface area contributed by atoms with Crippen molar-refractivity contribution in [3.63, 3.8) is 0 Å². The van der Waals surface area contributed by atoms with E-state index in [4.69, 9.17) is 5.11 Å². The molecule has 0 saturated carbocycles. The SMILES string of the molecule is CCCC1(CCC)CN(C(C)(C)CCC(=O)O)C1. The molecule has 0 radical (unpaired) electrons. The molecular formula is C15H29NO2. The lowest BCUT2D eigenvalue weighted by Crippen LogP contribution is -2.63. The number of hydrogen-bond donors (Lipinski definition) is 1. The van der Waals surface area contributed by atoms with Crippen LogP contribution in [0.2, 0.25) is 0 Å². The van der Waals surface area contributed by atoms with Gasteiger partial charge in [0.25, 0.3) is 0 Å². The van der Waals surface area contributed by atoms with Gasteiger partial charge in [-0.2, -0.15) is 0 Å². The number of aliphatic carboxylic acids is 1. The van der Waals surface area contributed by atoms with Gasteiger partial charge >= 0.3 is 5.97 Å². The summed E-state index contributed by atoms with van der Waals surface area (Å²) in [5, 5.41) is 8.80. The van der Waals surface area contributed by atoms with E-state index < -0.39 is 5.97 Å². The second-order valence-electron chi connectivity index (χ2n) is 6.56. The Morgan fingerprint density at radius 1 is 1.22 bits per heavy atom. The van der Waals surface area contributed by atoms with Crippen LogP contribution in [-0.4, -0.2) is 34.6 Å². The third-order valence-corrected chi connectivity index (χ3v) is 4.42. The summed E-state index contributed by atoms with van der Waals surface area (Å²) in [5.41, 5.74) is 0.549. The number of rotatable bonds is 8. The second-order valence-corrected chi connectivity index (χ2v) is 6.56. The molecule has 1 aliphatic rings. The fourth-order valence-corrected chi connectivity index (χ4v) is 3.26. The highest BCUT2D eigenvalue weighted by atomic mass is 16.4. The Morgan fingerprint density at radius 2 is 1.72 bits per heavy atom. The molecule has 3 heteroatoms. The molecule has 0 aromatic carbocycles. The largest absolute Gasteiger partial charge is 0.481 e. The molecule has 18 heavy (non-hydrogen) atoms. The molecule has 3 nitrogen and oxygen atoms in total. The van der Waals surface area contributed by atoms with Crippen LogP contribution in [0, 0.1) is 5.41 Å². The van der Waals surface area contributed by atoms with E-state index in [-0.39, 0.29) is 12.0 Å². The van der Waals surface area contributed by atoms with E-state index in [1.807, 2.05) is 0 Å². The first kappa shape index (κ1) is 15.5. The number of carboxylic acid groups (broad SMARTS) is 1. The highest BCUT2D eigenvalue weighted by Crippen LogP contribution is 2.43. The molecule has 1 saturated heterocycles. The molecule has 1 N–H and O–H groups in total. The highest BCUT2D eigenvalue weighted by Gasteiger charge is 2.46. The minimum absolute atomic E-state index is 0.0311. The third kappa shape index (κ3) is 3.71. The molecule has 0 bridgehead atoms. The average Bonchev–Trinajstić information content (AvgIpc) is 2.23. The minimum atomic E-state index is -0.683. The molecule has 0 aliphatic carbocycles. The number of nitrogens with zero attached hydrogens (tertiary/aromatic N) is 1. The van der Waals surface area contributed by atoms with Gasteiger partial charge in [0, 0.05) is 25.0 Å². The van der Waals surface area contributed by atoms with Gasteiger partial charge < -0.3 is 5.11 Å². The Bertz CT molecular complexity index is 272. The predicted molar refractivity (Wildman–Crippen MR) is 74.8 cm³/mol. The van der Waals surface area contributed by atoms with Crippen LogP contribution in [0.1, 0.15) is 66.2 Å². The van der Waals surface area contributed by atoms with E-state index in [2.05, 4.69) is 32.6 Å². The third-order valence-electron chi connectivity index (χ3n) is 4.42. The number of carboxylic acids is 1. The van der Waals surface area contributed by atoms with E-state index in [1.165, 1.54) is 25.7 Å². The average molecular weight is 255 g/mol. The van der Waals surface area contributed by atoms with Crippen molar-refractivity contribution in [2.24, 2.45) is 5.41 Å². The van der Waals surface area contributed by atoms with Crippen molar-refractivity contribution in [1.29, 1.82) is 0 Å². The number of hydrogen-bond acceptors (Lipinski definition) is 2. The Balaban J connectivity index is 2.49. The normalized spacial score (nSPS) is 19.6. The molecule has 0 atom stereocenters. The standard InChI is InChI=1S/C15H29NO2/c1-5-8-15(9-6-2)11-16(12-15)14(3,4)10-7-13(17)18/h5-12H2,1-4H3,(H,17,18). The van der Waals surface area contributed by atoms with E-state index in [9.17, 15) is 4.79 Å². The number of likely N-dealkylation sites (tertiary alicyclic amines) is 1. The summed E-state index contributed by atoms with van der Waals surface area (Å²) in [6, 6.07) is 0. The van der Waals surface area contributed by atoms with E-state index in [0.717, 1.165) is 19.5 Å². The lowest BCUT2D eigenvalue weighted by Gasteiger charge is -2.57. The van der Waals surface area contributed by atoms with Gasteiger partial charge in [-0.05, 0) is 38.5 Å². The fourth-order valence-electron chi connectivity index (χ4n) is 3.26. The molecule has 1 fully saturated rings. The monoisotopic (exact) mass is 255 g/mol. The van der Waals surface area contributed by atoms with Gasteiger partial charge in [-0.3, -0.25) is 9.69 Å². The van der Waals surface area contributed by atoms with E-state index >= 15 is 0 Å². The lowest BCUT2D eigenvalue weighted by molar-refractivity contribution is -0.138. The van der Waals surface area contributed by atoms with Crippen LogP contribution in [0.5, 0.6) is 0 Å². The molecule has 1 aliphatic heterocycles. The second kappa shape index (κ2) is 6.05. The quantitative estimate of drug-likeness (QED) is 0.721. The van der Waals surface area contributed by atoms with Gasteiger partial charge in [-0.15, -0.1) is 0 Å². The van der Waals surface area contributed by atoms with Crippen molar-refractivity contribution in [2.75, 3.05) is 13.1 Å². The van der Waals surface area contributed by atoms with Gasteiger partial charge in [0.2, 0.25) is 0 Å². The topological polar surface area (TPSA) is 40.5 Å². The van der Waals surface area contributed by atoms with Crippen LogP contribution in [0.25, 0.3) is 0 Å². The van der Waals surface area contributed by atoms with Crippen LogP contribution < -0.4 is 0 Å². The fraction of sp³-hybridized carbons (Fsp3) is 0.933. The van der Waals surface area contributed by atoms with Crippen molar-refractivity contribution < 1.29 is 9.90 Å². The highest BCUT2D eigenvalue weighted by molar-refractivity contribution is 5.66. The molecule has 1 rings (SSSR count). The molecular weight excluding hydrogens is 226 g/mol. The molecule has 0 amide bonds. The smallest absolute Gasteiger partial charge is 0.303 e. The molecule has 0 spiro atoms. The zero-order valence-electron chi connectivity index (χ0n) is 12.5. The summed E-state index contributed by atoms with van der Waals surface area (Å²) >= 11 is 0. The first-order valence-electron chi connectivity index (χ1n) is 7.32. The van der Waals surface area contributed by atoms with Gasteiger partial charge in [0.15, 0.2) is 0 Å².